The Morgan fingerprint density at radius 1 is 1.01 bits per heavy atom. The molecule has 4 heterocycles. The molecule has 4 aliphatic heterocycles. The number of fused-ring (bicyclic) bond motifs is 10. The van der Waals surface area contributed by atoms with Gasteiger partial charge in [0.25, 0.3) is 0 Å². The molecule has 11 unspecified atom stereocenters. The molecule has 10 N–H and O–H groups in total. The lowest BCUT2D eigenvalue weighted by atomic mass is 9.64. The largest absolute Gasteiger partial charge is 0.504 e. The summed E-state index contributed by atoms with van der Waals surface area (Å²) >= 11 is 0. The van der Waals surface area contributed by atoms with Crippen molar-refractivity contribution < 1.29 is 39.8 Å². The Kier molecular flexibility index (Phi) is 15.2. The van der Waals surface area contributed by atoms with E-state index in [1.165, 1.54) is 40.8 Å². The summed E-state index contributed by atoms with van der Waals surface area (Å²) in [4.78, 5) is 17.9. The van der Waals surface area contributed by atoms with E-state index in [2.05, 4.69) is 84.1 Å². The highest BCUT2D eigenvalue weighted by atomic mass is 16.5. The summed E-state index contributed by atoms with van der Waals surface area (Å²) in [6.07, 6.45) is 2.34. The van der Waals surface area contributed by atoms with E-state index in [0.717, 1.165) is 45.1 Å². The quantitative estimate of drug-likeness (QED) is 0.0927. The van der Waals surface area contributed by atoms with Gasteiger partial charge in [-0.05, 0) is 138 Å². The van der Waals surface area contributed by atoms with Crippen molar-refractivity contribution in [3.8, 4) is 23.3 Å². The molecule has 0 amide bonds. The number of hydrogen-bond donors (Lipinski definition) is 9. The molecule has 1 saturated heterocycles. The van der Waals surface area contributed by atoms with Gasteiger partial charge in [0, 0.05) is 61.2 Å². The number of carbonyl (C=O) groups excluding carboxylic acids is 1. The standard InChI is InChI=1S/C54H73N5O8/c1-32-18-33(2)20-38(19-32)23-42-30-57-52(55)58-31-53(34(3)60)14-10-40-22-37-8-9-50(56-16-12-36-6-5-7-39(42)21-36)54(28-37)29-44(13-17-59-54)67-49-25-41(46(51(64)65)27-47(49)63)24-45(40)48(66-35(4)61)26-43(62)11-15-53/h5-7,18-21,25,27,34,37,40,42-45,48,50-51,56,59-60,62-65H,8-9,11-13,15-17,22-24,26,28-31H2,1-4H3,(H3,55,57,58). The lowest BCUT2D eigenvalue weighted by molar-refractivity contribution is -0.152. The Morgan fingerprint density at radius 3 is 2.58 bits per heavy atom. The molecule has 67 heavy (non-hydrogen) atoms. The molecule has 13 heteroatoms. The summed E-state index contributed by atoms with van der Waals surface area (Å²) in [5, 5.41) is 68.0. The van der Waals surface area contributed by atoms with Gasteiger partial charge in [-0.15, -0.1) is 0 Å². The summed E-state index contributed by atoms with van der Waals surface area (Å²) in [6, 6.07) is 18.7. The third-order valence-corrected chi connectivity index (χ3v) is 15.7. The first-order chi connectivity index (χ1) is 32.1. The summed E-state index contributed by atoms with van der Waals surface area (Å²) in [7, 11) is 0. The van der Waals surface area contributed by atoms with Crippen LogP contribution in [0, 0.1) is 48.9 Å². The number of esters is 1. The van der Waals surface area contributed by atoms with Crippen molar-refractivity contribution in [1.29, 1.82) is 0 Å². The van der Waals surface area contributed by atoms with E-state index in [4.69, 9.17) is 20.2 Å². The number of phenols is 1. The van der Waals surface area contributed by atoms with E-state index in [0.29, 0.717) is 37.9 Å². The van der Waals surface area contributed by atoms with E-state index in [-0.39, 0.29) is 78.3 Å². The number of aliphatic hydroxyl groups excluding tert-OH is 3. The Hall–Kier alpha value is -4.68. The number of nitrogens with zero attached hydrogens (tertiary/aromatic N) is 1. The maximum atomic E-state index is 13.0. The normalized spacial score (nSPS) is 31.9. The number of hydrogen-bond acceptors (Lipinski definition) is 13. The number of nitrogens with one attached hydrogen (secondary N) is 3. The van der Waals surface area contributed by atoms with Crippen LogP contribution in [0.5, 0.6) is 11.5 Å². The van der Waals surface area contributed by atoms with Crippen LogP contribution in [0.2, 0.25) is 0 Å². The molecule has 2 fully saturated rings. The van der Waals surface area contributed by atoms with Crippen LogP contribution in [0.15, 0.2) is 59.6 Å². The van der Waals surface area contributed by atoms with Crippen LogP contribution in [0.25, 0.3) is 0 Å². The van der Waals surface area contributed by atoms with Gasteiger partial charge in [-0.1, -0.05) is 65.4 Å². The van der Waals surface area contributed by atoms with Crippen LogP contribution in [0.3, 0.4) is 0 Å². The predicted molar refractivity (Wildman–Crippen MR) is 258 cm³/mol. The molecule has 1 spiro atoms. The fourth-order valence-corrected chi connectivity index (χ4v) is 12.2. The average molecular weight is 920 g/mol. The molecule has 0 radical (unpaired) electrons. The van der Waals surface area contributed by atoms with E-state index >= 15 is 0 Å². The van der Waals surface area contributed by atoms with Gasteiger partial charge in [0.2, 0.25) is 0 Å². The van der Waals surface area contributed by atoms with Crippen LogP contribution in [-0.4, -0.2) is 99.6 Å². The van der Waals surface area contributed by atoms with Crippen molar-refractivity contribution in [2.45, 2.75) is 153 Å². The molecule has 6 aliphatic rings. The summed E-state index contributed by atoms with van der Waals surface area (Å²) in [5.41, 5.74) is 12.1. The first-order valence-electron chi connectivity index (χ1n) is 24.7. The summed E-state index contributed by atoms with van der Waals surface area (Å²) < 4.78 is 12.9. The number of rotatable bonds is 5. The Balaban J connectivity index is 1.27. The summed E-state index contributed by atoms with van der Waals surface area (Å²) in [5.74, 6) is 6.36. The summed E-state index contributed by atoms with van der Waals surface area (Å²) in [6.45, 7) is 9.44. The molecule has 10 bridgehead atoms. The number of ether oxygens (including phenoxy) is 2. The molecule has 3 aromatic rings. The zero-order valence-electron chi connectivity index (χ0n) is 39.8. The molecule has 3 aromatic carbocycles. The minimum atomic E-state index is -1.91. The predicted octanol–water partition coefficient (Wildman–Crippen LogP) is 5.13. The van der Waals surface area contributed by atoms with Gasteiger partial charge in [-0.3, -0.25) is 9.79 Å². The number of aliphatic imine (C=N–C) groups is 1. The number of phenolic OH excluding ortho intramolecular Hbond substituents is 1. The third-order valence-electron chi connectivity index (χ3n) is 15.7. The molecule has 0 aromatic heterocycles. The zero-order chi connectivity index (χ0) is 47.5. The maximum Gasteiger partial charge on any atom is 0.302 e. The maximum absolute atomic E-state index is 13.0. The smallest absolute Gasteiger partial charge is 0.302 e. The Bertz CT molecular complexity index is 2310. The number of guanidine groups is 1. The van der Waals surface area contributed by atoms with Gasteiger partial charge in [-0.2, -0.15) is 0 Å². The van der Waals surface area contributed by atoms with Gasteiger partial charge in [0.15, 0.2) is 23.7 Å². The van der Waals surface area contributed by atoms with Crippen LogP contribution >= 0.6 is 0 Å². The molecule has 1 saturated carbocycles. The van der Waals surface area contributed by atoms with E-state index in [1.54, 1.807) is 13.0 Å². The van der Waals surface area contributed by atoms with Gasteiger partial charge in [-0.25, -0.2) is 0 Å². The van der Waals surface area contributed by atoms with Crippen molar-refractivity contribution in [1.82, 2.24) is 16.0 Å². The number of aromatic hydroxyl groups is 1. The highest BCUT2D eigenvalue weighted by Gasteiger charge is 2.49. The van der Waals surface area contributed by atoms with Crippen LogP contribution < -0.4 is 26.4 Å². The Morgan fingerprint density at radius 2 is 1.82 bits per heavy atom. The van der Waals surface area contributed by atoms with E-state index in [9.17, 15) is 30.3 Å². The van der Waals surface area contributed by atoms with Crippen molar-refractivity contribution >= 4 is 11.9 Å². The fourth-order valence-electron chi connectivity index (χ4n) is 12.2. The molecule has 13 nitrogen and oxygen atoms in total. The van der Waals surface area contributed by atoms with Gasteiger partial charge >= 0.3 is 5.97 Å². The number of nitrogens with two attached hydrogens (primary N) is 1. The Labute approximate surface area is 396 Å². The van der Waals surface area contributed by atoms with Gasteiger partial charge in [0.1, 0.15) is 12.2 Å². The lowest BCUT2D eigenvalue weighted by Crippen LogP contribution is -2.66. The topological polar surface area (TPSA) is 211 Å². The number of aliphatic hydroxyl groups is 4. The van der Waals surface area contributed by atoms with Crippen molar-refractivity contribution in [2.75, 3.05) is 26.2 Å². The second kappa shape index (κ2) is 20.9. The second-order valence-corrected chi connectivity index (χ2v) is 20.7. The average Bonchev–Trinajstić information content (AvgIpc) is 3.27. The molecule has 9 rings (SSSR count). The second-order valence-electron chi connectivity index (χ2n) is 20.7. The first kappa shape index (κ1) is 48.8. The molecule has 2 aliphatic carbocycles. The molecule has 362 valence electrons. The van der Waals surface area contributed by atoms with Crippen LogP contribution in [0.4, 0.5) is 0 Å². The van der Waals surface area contributed by atoms with Gasteiger partial charge in [0.05, 0.1) is 24.2 Å². The SMILES string of the molecule is CC(=O)OC1CC(O)CCC2(C(C)O)C#CC3CC4CCC(NCCc5cccc(c5)C(Cc5cc(C)cc(C)c5)CNC(N)=NC2)C2(C4)CC(CCN2)Oc2cc(c(C(O)O)cc2O)CC31. The minimum Gasteiger partial charge on any atom is -0.504 e. The highest BCUT2D eigenvalue weighted by molar-refractivity contribution is 5.78. The van der Waals surface area contributed by atoms with Crippen molar-refractivity contribution in [2.24, 2.45) is 33.9 Å². The van der Waals surface area contributed by atoms with Gasteiger partial charge < -0.3 is 56.7 Å². The molecule has 11 atom stereocenters. The number of benzene rings is 3. The van der Waals surface area contributed by atoms with Crippen molar-refractivity contribution in [3.63, 3.8) is 0 Å². The number of aryl methyl sites for hydroxylation is 2. The van der Waals surface area contributed by atoms with E-state index < -0.39 is 47.8 Å². The number of piperidine rings is 1. The van der Waals surface area contributed by atoms with Crippen LogP contribution in [0.1, 0.15) is 123 Å². The minimum absolute atomic E-state index is 0.0705. The van der Waals surface area contributed by atoms with E-state index in [1.807, 2.05) is 0 Å². The fraction of sp³-hybridized carbons (Fsp3) is 0.593. The molecular formula is C54H73N5O8. The third kappa shape index (κ3) is 11.6. The first-order valence-corrected chi connectivity index (χ1v) is 24.7. The highest BCUT2D eigenvalue weighted by Crippen LogP contribution is 2.46. The van der Waals surface area contributed by atoms with Crippen LogP contribution in [-0.2, 0) is 28.8 Å². The van der Waals surface area contributed by atoms with Crippen molar-refractivity contribution in [3.05, 3.63) is 93.5 Å². The monoisotopic (exact) mass is 920 g/mol. The number of carbonyl (C=O) groups is 1. The lowest BCUT2D eigenvalue weighted by Gasteiger charge is -2.52. The zero-order valence-corrected chi connectivity index (χ0v) is 39.8. The molecular weight excluding hydrogens is 847 g/mol.